The maximum atomic E-state index is 5.37. The van der Waals surface area contributed by atoms with Gasteiger partial charge >= 0.3 is 0 Å². The van der Waals surface area contributed by atoms with E-state index in [2.05, 4.69) is 42.8 Å². The summed E-state index contributed by atoms with van der Waals surface area (Å²) in [5, 5.41) is 0.994. The molecule has 1 aromatic rings. The van der Waals surface area contributed by atoms with E-state index >= 15 is 0 Å². The molecular formula is C14H21BrO2. The van der Waals surface area contributed by atoms with Crippen molar-refractivity contribution in [2.75, 3.05) is 19.5 Å². The van der Waals surface area contributed by atoms with E-state index in [1.165, 1.54) is 11.1 Å². The smallest absolute Gasteiger partial charge is 0.161 e. The molecule has 0 aromatic heterocycles. The van der Waals surface area contributed by atoms with Gasteiger partial charge in [-0.1, -0.05) is 29.8 Å². The molecule has 17 heavy (non-hydrogen) atoms. The quantitative estimate of drug-likeness (QED) is 0.763. The Kier molecular flexibility index (Phi) is 4.87. The van der Waals surface area contributed by atoms with Crippen LogP contribution in [-0.2, 0) is 5.41 Å². The van der Waals surface area contributed by atoms with Gasteiger partial charge in [0.2, 0.25) is 0 Å². The third kappa shape index (κ3) is 3.15. The largest absolute Gasteiger partial charge is 0.493 e. The van der Waals surface area contributed by atoms with E-state index in [1.54, 1.807) is 14.2 Å². The minimum atomic E-state index is 0.132. The van der Waals surface area contributed by atoms with Crippen molar-refractivity contribution >= 4 is 15.9 Å². The van der Waals surface area contributed by atoms with E-state index < -0.39 is 0 Å². The van der Waals surface area contributed by atoms with Gasteiger partial charge in [-0.05, 0) is 42.0 Å². The summed E-state index contributed by atoms with van der Waals surface area (Å²) in [6, 6.07) is 4.14. The molecule has 0 spiro atoms. The number of aryl methyl sites for hydroxylation is 1. The lowest BCUT2D eigenvalue weighted by atomic mass is 9.80. The van der Waals surface area contributed by atoms with Crippen LogP contribution in [0.5, 0.6) is 11.5 Å². The fourth-order valence-electron chi connectivity index (χ4n) is 2.08. The second-order valence-electron chi connectivity index (χ2n) is 4.84. The average molecular weight is 301 g/mol. The fourth-order valence-corrected chi connectivity index (χ4v) is 3.07. The highest BCUT2D eigenvalue weighted by Gasteiger charge is 2.23. The fraction of sp³-hybridized carbons (Fsp3) is 0.571. The van der Waals surface area contributed by atoms with Crippen LogP contribution < -0.4 is 9.47 Å². The lowest BCUT2D eigenvalue weighted by molar-refractivity contribution is 0.352. The first kappa shape index (κ1) is 14.4. The van der Waals surface area contributed by atoms with Crippen molar-refractivity contribution in [3.05, 3.63) is 23.3 Å². The van der Waals surface area contributed by atoms with Crippen molar-refractivity contribution in [3.63, 3.8) is 0 Å². The Morgan fingerprint density at radius 3 is 2.12 bits per heavy atom. The number of rotatable bonds is 5. The van der Waals surface area contributed by atoms with E-state index in [0.717, 1.165) is 23.2 Å². The van der Waals surface area contributed by atoms with Gasteiger partial charge in [-0.25, -0.2) is 0 Å². The Morgan fingerprint density at radius 1 is 1.12 bits per heavy atom. The van der Waals surface area contributed by atoms with Gasteiger partial charge in [0.15, 0.2) is 11.5 Å². The minimum absolute atomic E-state index is 0.132. The zero-order valence-electron chi connectivity index (χ0n) is 11.3. The summed E-state index contributed by atoms with van der Waals surface area (Å²) < 4.78 is 10.7. The van der Waals surface area contributed by atoms with Crippen LogP contribution in [0.2, 0.25) is 0 Å². The van der Waals surface area contributed by atoms with Crippen molar-refractivity contribution in [2.24, 2.45) is 0 Å². The van der Waals surface area contributed by atoms with Gasteiger partial charge in [-0.3, -0.25) is 0 Å². The van der Waals surface area contributed by atoms with Gasteiger partial charge in [0.05, 0.1) is 14.2 Å². The van der Waals surface area contributed by atoms with Crippen LogP contribution in [0.3, 0.4) is 0 Å². The Labute approximate surface area is 112 Å². The van der Waals surface area contributed by atoms with Crippen LogP contribution in [-0.4, -0.2) is 19.5 Å². The Balaban J connectivity index is 3.25. The molecule has 0 radical (unpaired) electrons. The van der Waals surface area contributed by atoms with Gasteiger partial charge in [-0.15, -0.1) is 0 Å². The molecule has 3 heteroatoms. The minimum Gasteiger partial charge on any atom is -0.493 e. The van der Waals surface area contributed by atoms with Crippen molar-refractivity contribution < 1.29 is 9.47 Å². The van der Waals surface area contributed by atoms with Gasteiger partial charge in [-0.2, -0.15) is 0 Å². The molecule has 96 valence electrons. The molecule has 2 nitrogen and oxygen atoms in total. The molecule has 0 fully saturated rings. The maximum Gasteiger partial charge on any atom is 0.161 e. The Hall–Kier alpha value is -0.700. The summed E-state index contributed by atoms with van der Waals surface area (Å²) in [5.74, 6) is 1.60. The van der Waals surface area contributed by atoms with Crippen molar-refractivity contribution in [2.45, 2.75) is 32.6 Å². The molecule has 0 amide bonds. The molecule has 0 aliphatic carbocycles. The second-order valence-corrected chi connectivity index (χ2v) is 5.64. The zero-order valence-corrected chi connectivity index (χ0v) is 12.8. The summed E-state index contributed by atoms with van der Waals surface area (Å²) in [6.45, 7) is 6.62. The monoisotopic (exact) mass is 300 g/mol. The van der Waals surface area contributed by atoms with Gasteiger partial charge in [0.1, 0.15) is 0 Å². The second kappa shape index (κ2) is 5.76. The molecule has 0 saturated carbocycles. The SMILES string of the molecule is COc1cc(C)c(C(C)(C)CCBr)cc1OC. The summed E-state index contributed by atoms with van der Waals surface area (Å²) in [4.78, 5) is 0. The maximum absolute atomic E-state index is 5.37. The summed E-state index contributed by atoms with van der Waals surface area (Å²) in [6.07, 6.45) is 1.09. The number of hydrogen-bond donors (Lipinski definition) is 0. The predicted octanol–water partition coefficient (Wildman–Crippen LogP) is 4.07. The van der Waals surface area contributed by atoms with Gasteiger partial charge in [0.25, 0.3) is 0 Å². The first-order chi connectivity index (χ1) is 7.96. The highest BCUT2D eigenvalue weighted by atomic mass is 79.9. The molecular weight excluding hydrogens is 280 g/mol. The molecule has 1 rings (SSSR count). The van der Waals surface area contributed by atoms with Gasteiger partial charge in [0, 0.05) is 5.33 Å². The average Bonchev–Trinajstić information content (AvgIpc) is 2.28. The van der Waals surface area contributed by atoms with Crippen LogP contribution in [0.15, 0.2) is 12.1 Å². The molecule has 0 heterocycles. The standard InChI is InChI=1S/C14H21BrO2/c1-10-8-12(16-4)13(17-5)9-11(10)14(2,3)6-7-15/h8-9H,6-7H2,1-5H3. The van der Waals surface area contributed by atoms with Crippen LogP contribution >= 0.6 is 15.9 Å². The predicted molar refractivity (Wildman–Crippen MR) is 75.7 cm³/mol. The lowest BCUT2D eigenvalue weighted by Crippen LogP contribution is -2.19. The third-order valence-corrected chi connectivity index (χ3v) is 3.58. The lowest BCUT2D eigenvalue weighted by Gasteiger charge is -2.27. The van der Waals surface area contributed by atoms with Crippen LogP contribution in [0.25, 0.3) is 0 Å². The molecule has 0 atom stereocenters. The van der Waals surface area contributed by atoms with Crippen LogP contribution in [0, 0.1) is 6.92 Å². The number of methoxy groups -OCH3 is 2. The van der Waals surface area contributed by atoms with Gasteiger partial charge < -0.3 is 9.47 Å². The number of halogens is 1. The van der Waals surface area contributed by atoms with Crippen molar-refractivity contribution in [1.29, 1.82) is 0 Å². The highest BCUT2D eigenvalue weighted by molar-refractivity contribution is 9.09. The number of benzene rings is 1. The van der Waals surface area contributed by atoms with E-state index in [-0.39, 0.29) is 5.41 Å². The van der Waals surface area contributed by atoms with E-state index in [1.807, 2.05) is 6.07 Å². The Morgan fingerprint density at radius 2 is 1.65 bits per heavy atom. The Bertz CT molecular complexity index is 386. The van der Waals surface area contributed by atoms with E-state index in [0.29, 0.717) is 0 Å². The van der Waals surface area contributed by atoms with Crippen molar-refractivity contribution in [3.8, 4) is 11.5 Å². The molecule has 1 aromatic carbocycles. The molecule has 0 unspecified atom stereocenters. The molecule has 0 aliphatic heterocycles. The molecule has 0 N–H and O–H groups in total. The van der Waals surface area contributed by atoms with Crippen LogP contribution in [0.4, 0.5) is 0 Å². The number of alkyl halides is 1. The van der Waals surface area contributed by atoms with Crippen molar-refractivity contribution in [1.82, 2.24) is 0 Å². The summed E-state index contributed by atoms with van der Waals surface area (Å²) in [5.41, 5.74) is 2.69. The summed E-state index contributed by atoms with van der Waals surface area (Å²) >= 11 is 3.51. The van der Waals surface area contributed by atoms with E-state index in [9.17, 15) is 0 Å². The van der Waals surface area contributed by atoms with Crippen LogP contribution in [0.1, 0.15) is 31.4 Å². The normalized spacial score (nSPS) is 11.4. The third-order valence-electron chi connectivity index (χ3n) is 3.18. The first-order valence-corrected chi connectivity index (χ1v) is 6.87. The summed E-state index contributed by atoms with van der Waals surface area (Å²) in [7, 11) is 3.34. The highest BCUT2D eigenvalue weighted by Crippen LogP contribution is 2.37. The zero-order chi connectivity index (χ0) is 13.1. The number of ether oxygens (including phenoxy) is 2. The molecule has 0 bridgehead atoms. The number of hydrogen-bond acceptors (Lipinski definition) is 2. The van der Waals surface area contributed by atoms with E-state index in [4.69, 9.17) is 9.47 Å². The first-order valence-electron chi connectivity index (χ1n) is 5.75. The topological polar surface area (TPSA) is 18.5 Å². The molecule has 0 saturated heterocycles. The molecule has 0 aliphatic rings.